The van der Waals surface area contributed by atoms with Gasteiger partial charge in [0.2, 0.25) is 0 Å². The van der Waals surface area contributed by atoms with Gasteiger partial charge < -0.3 is 5.11 Å². The van der Waals surface area contributed by atoms with E-state index in [2.05, 4.69) is 24.9 Å². The van der Waals surface area contributed by atoms with E-state index in [0.29, 0.717) is 6.42 Å². The fourth-order valence-electron chi connectivity index (χ4n) is 2.22. The first-order valence-electron chi connectivity index (χ1n) is 7.32. The molecule has 102 valence electrons. The third-order valence-corrected chi connectivity index (χ3v) is 3.44. The predicted octanol–water partition coefficient (Wildman–Crippen LogP) is 4.04. The molecule has 0 saturated carbocycles. The lowest BCUT2D eigenvalue weighted by Gasteiger charge is -2.11. The molecule has 1 rings (SSSR count). The second-order valence-electron chi connectivity index (χ2n) is 5.18. The minimum Gasteiger partial charge on any atom is -0.393 e. The summed E-state index contributed by atoms with van der Waals surface area (Å²) in [6, 6.07) is 4.00. The quantitative estimate of drug-likeness (QED) is 0.670. The van der Waals surface area contributed by atoms with Crippen LogP contribution in [0.4, 0.5) is 0 Å². The van der Waals surface area contributed by atoms with Crippen LogP contribution in [0.1, 0.15) is 63.1 Å². The van der Waals surface area contributed by atoms with E-state index in [9.17, 15) is 5.11 Å². The van der Waals surface area contributed by atoms with E-state index >= 15 is 0 Å². The van der Waals surface area contributed by atoms with Gasteiger partial charge in [0.05, 0.1) is 6.10 Å². The summed E-state index contributed by atoms with van der Waals surface area (Å²) in [5.74, 6) is 0. The lowest BCUT2D eigenvalue weighted by atomic mass is 10.0. The Bertz CT molecular complexity index is 325. The average molecular weight is 249 g/mol. The van der Waals surface area contributed by atoms with Crippen LogP contribution in [-0.2, 0) is 6.42 Å². The molecule has 0 spiro atoms. The SMILES string of the molecule is CCCCCCCCC(O)Cc1ncccc1C. The van der Waals surface area contributed by atoms with Crippen LogP contribution in [-0.4, -0.2) is 16.2 Å². The molecular weight excluding hydrogens is 222 g/mol. The van der Waals surface area contributed by atoms with E-state index in [0.717, 1.165) is 18.5 Å². The molecule has 2 heteroatoms. The highest BCUT2D eigenvalue weighted by molar-refractivity contribution is 5.18. The maximum absolute atomic E-state index is 9.99. The highest BCUT2D eigenvalue weighted by Crippen LogP contribution is 2.12. The molecule has 18 heavy (non-hydrogen) atoms. The molecular formula is C16H27NO. The van der Waals surface area contributed by atoms with Crippen molar-refractivity contribution in [2.24, 2.45) is 0 Å². The lowest BCUT2D eigenvalue weighted by molar-refractivity contribution is 0.159. The van der Waals surface area contributed by atoms with Gasteiger partial charge in [-0.25, -0.2) is 0 Å². The molecule has 0 amide bonds. The summed E-state index contributed by atoms with van der Waals surface area (Å²) in [7, 11) is 0. The fraction of sp³-hybridized carbons (Fsp3) is 0.688. The highest BCUT2D eigenvalue weighted by Gasteiger charge is 2.08. The maximum atomic E-state index is 9.99. The van der Waals surface area contributed by atoms with E-state index in [4.69, 9.17) is 0 Å². The van der Waals surface area contributed by atoms with Crippen LogP contribution in [0.15, 0.2) is 18.3 Å². The van der Waals surface area contributed by atoms with Gasteiger partial charge in [0.15, 0.2) is 0 Å². The summed E-state index contributed by atoms with van der Waals surface area (Å²) in [6.45, 7) is 4.29. The Kier molecular flexibility index (Phi) is 7.66. The summed E-state index contributed by atoms with van der Waals surface area (Å²) in [5.41, 5.74) is 2.22. The van der Waals surface area contributed by atoms with Crippen molar-refractivity contribution in [3.05, 3.63) is 29.6 Å². The molecule has 1 unspecified atom stereocenters. The molecule has 1 N–H and O–H groups in total. The molecule has 0 aliphatic rings. The first-order valence-corrected chi connectivity index (χ1v) is 7.32. The zero-order valence-electron chi connectivity index (χ0n) is 11.9. The van der Waals surface area contributed by atoms with E-state index < -0.39 is 0 Å². The number of hydrogen-bond donors (Lipinski definition) is 1. The molecule has 0 bridgehead atoms. The molecule has 1 heterocycles. The molecule has 0 fully saturated rings. The Morgan fingerprint density at radius 1 is 1.17 bits per heavy atom. The second kappa shape index (κ2) is 9.09. The van der Waals surface area contributed by atoms with Crippen LogP contribution >= 0.6 is 0 Å². The third-order valence-electron chi connectivity index (χ3n) is 3.44. The second-order valence-corrected chi connectivity index (χ2v) is 5.18. The van der Waals surface area contributed by atoms with Gasteiger partial charge in [-0.1, -0.05) is 51.5 Å². The Hall–Kier alpha value is -0.890. The summed E-state index contributed by atoms with van der Waals surface area (Å²) in [6.07, 6.45) is 10.8. The van der Waals surface area contributed by atoms with Gasteiger partial charge in [0, 0.05) is 18.3 Å². The predicted molar refractivity (Wildman–Crippen MR) is 76.7 cm³/mol. The van der Waals surface area contributed by atoms with Crippen molar-refractivity contribution in [2.45, 2.75) is 71.3 Å². The van der Waals surface area contributed by atoms with Crippen molar-refractivity contribution in [1.82, 2.24) is 4.98 Å². The maximum Gasteiger partial charge on any atom is 0.0595 e. The van der Waals surface area contributed by atoms with Gasteiger partial charge in [-0.2, -0.15) is 0 Å². The normalized spacial score (nSPS) is 12.6. The van der Waals surface area contributed by atoms with E-state index in [1.807, 2.05) is 6.07 Å². The average Bonchev–Trinajstić information content (AvgIpc) is 2.36. The fourth-order valence-corrected chi connectivity index (χ4v) is 2.22. The number of rotatable bonds is 9. The molecule has 1 aromatic rings. The summed E-state index contributed by atoms with van der Waals surface area (Å²) in [5, 5.41) is 9.99. The van der Waals surface area contributed by atoms with Gasteiger partial charge in [0.25, 0.3) is 0 Å². The smallest absolute Gasteiger partial charge is 0.0595 e. The molecule has 0 aliphatic heterocycles. The van der Waals surface area contributed by atoms with Crippen LogP contribution in [0.3, 0.4) is 0 Å². The third kappa shape index (κ3) is 6.15. The number of aromatic nitrogens is 1. The minimum atomic E-state index is -0.232. The van der Waals surface area contributed by atoms with E-state index in [1.54, 1.807) is 6.20 Å². The lowest BCUT2D eigenvalue weighted by Crippen LogP contribution is -2.12. The number of nitrogens with zero attached hydrogens (tertiary/aromatic N) is 1. The number of unbranched alkanes of at least 4 members (excludes halogenated alkanes) is 5. The van der Waals surface area contributed by atoms with E-state index in [1.165, 1.54) is 37.7 Å². The highest BCUT2D eigenvalue weighted by atomic mass is 16.3. The zero-order valence-corrected chi connectivity index (χ0v) is 11.9. The van der Waals surface area contributed by atoms with Crippen molar-refractivity contribution < 1.29 is 5.11 Å². The zero-order chi connectivity index (χ0) is 13.2. The number of aliphatic hydroxyl groups is 1. The molecule has 1 atom stereocenters. The molecule has 0 saturated heterocycles. The molecule has 2 nitrogen and oxygen atoms in total. The van der Waals surface area contributed by atoms with Crippen molar-refractivity contribution in [1.29, 1.82) is 0 Å². The van der Waals surface area contributed by atoms with Gasteiger partial charge in [-0.3, -0.25) is 4.98 Å². The minimum absolute atomic E-state index is 0.232. The van der Waals surface area contributed by atoms with Crippen LogP contribution in [0, 0.1) is 6.92 Å². The van der Waals surface area contributed by atoms with Crippen molar-refractivity contribution in [3.63, 3.8) is 0 Å². The van der Waals surface area contributed by atoms with Gasteiger partial charge in [-0.05, 0) is 25.0 Å². The number of pyridine rings is 1. The molecule has 1 aromatic heterocycles. The summed E-state index contributed by atoms with van der Waals surface area (Å²) in [4.78, 5) is 4.33. The largest absolute Gasteiger partial charge is 0.393 e. The Labute approximate surface area is 111 Å². The summed E-state index contributed by atoms with van der Waals surface area (Å²) < 4.78 is 0. The van der Waals surface area contributed by atoms with Crippen LogP contribution in [0.2, 0.25) is 0 Å². The van der Waals surface area contributed by atoms with Crippen molar-refractivity contribution >= 4 is 0 Å². The van der Waals surface area contributed by atoms with Gasteiger partial charge in [0.1, 0.15) is 0 Å². The summed E-state index contributed by atoms with van der Waals surface area (Å²) >= 11 is 0. The van der Waals surface area contributed by atoms with Crippen molar-refractivity contribution in [3.8, 4) is 0 Å². The number of hydrogen-bond acceptors (Lipinski definition) is 2. The van der Waals surface area contributed by atoms with E-state index in [-0.39, 0.29) is 6.10 Å². The van der Waals surface area contributed by atoms with Gasteiger partial charge >= 0.3 is 0 Å². The Morgan fingerprint density at radius 2 is 1.89 bits per heavy atom. The van der Waals surface area contributed by atoms with Crippen LogP contribution in [0.25, 0.3) is 0 Å². The first kappa shape index (κ1) is 15.2. The molecule has 0 aliphatic carbocycles. The van der Waals surface area contributed by atoms with Crippen LogP contribution < -0.4 is 0 Å². The molecule has 0 radical (unpaired) electrons. The van der Waals surface area contributed by atoms with Crippen LogP contribution in [0.5, 0.6) is 0 Å². The number of aliphatic hydroxyl groups excluding tert-OH is 1. The monoisotopic (exact) mass is 249 g/mol. The molecule has 0 aromatic carbocycles. The standard InChI is InChI=1S/C16H27NO/c1-3-4-5-6-7-8-11-15(18)13-16-14(2)10-9-12-17-16/h9-10,12,15,18H,3-8,11,13H2,1-2H3. The van der Waals surface area contributed by atoms with Crippen molar-refractivity contribution in [2.75, 3.05) is 0 Å². The Balaban J connectivity index is 2.14. The first-order chi connectivity index (χ1) is 8.74. The Morgan fingerprint density at radius 3 is 2.61 bits per heavy atom. The van der Waals surface area contributed by atoms with Gasteiger partial charge in [-0.15, -0.1) is 0 Å². The number of aryl methyl sites for hydroxylation is 1. The topological polar surface area (TPSA) is 33.1 Å².